The summed E-state index contributed by atoms with van der Waals surface area (Å²) in [6.45, 7) is 4.86. The van der Waals surface area contributed by atoms with Crippen molar-refractivity contribution in [1.29, 1.82) is 0 Å². The van der Waals surface area contributed by atoms with Crippen molar-refractivity contribution in [1.82, 2.24) is 4.90 Å². The van der Waals surface area contributed by atoms with Crippen LogP contribution in [0.15, 0.2) is 42.5 Å². The molecule has 0 spiro atoms. The number of hydrogen-bond donors (Lipinski definition) is 1. The van der Waals surface area contributed by atoms with Crippen LogP contribution in [0.5, 0.6) is 0 Å². The van der Waals surface area contributed by atoms with Crippen LogP contribution in [0.4, 0.5) is 0 Å². The van der Waals surface area contributed by atoms with Crippen LogP contribution >= 0.6 is 11.6 Å². The molecule has 1 aliphatic rings. The molecular weight excluding hydrogens is 350 g/mol. The van der Waals surface area contributed by atoms with Crippen LogP contribution in [0.3, 0.4) is 0 Å². The third kappa shape index (κ3) is 4.09. The second kappa shape index (κ2) is 7.39. The quantitative estimate of drug-likeness (QED) is 0.795. The number of benzene rings is 2. The van der Waals surface area contributed by atoms with Gasteiger partial charge in [-0.25, -0.2) is 0 Å². The monoisotopic (exact) mass is 373 g/mol. The van der Waals surface area contributed by atoms with Gasteiger partial charge < -0.3 is 9.84 Å². The Hall–Kier alpha value is -1.88. The van der Waals surface area contributed by atoms with Crippen molar-refractivity contribution in [3.8, 4) is 11.1 Å². The molecule has 0 aliphatic carbocycles. The summed E-state index contributed by atoms with van der Waals surface area (Å²) in [6, 6.07) is 14.3. The minimum atomic E-state index is -0.814. The fraction of sp³-hybridized carbons (Fsp3) is 0.381. The van der Waals surface area contributed by atoms with E-state index in [-0.39, 0.29) is 18.2 Å². The van der Waals surface area contributed by atoms with Gasteiger partial charge in [-0.05, 0) is 67.8 Å². The van der Waals surface area contributed by atoms with E-state index in [0.717, 1.165) is 22.6 Å². The van der Waals surface area contributed by atoms with E-state index in [1.54, 1.807) is 4.90 Å². The summed E-state index contributed by atoms with van der Waals surface area (Å²) >= 11 is 5.99. The van der Waals surface area contributed by atoms with Crippen LogP contribution in [0.2, 0.25) is 5.02 Å². The van der Waals surface area contributed by atoms with Crippen molar-refractivity contribution in [2.45, 2.75) is 32.0 Å². The highest BCUT2D eigenvalue weighted by molar-refractivity contribution is 6.30. The highest BCUT2D eigenvalue weighted by Gasteiger charge is 2.37. The van der Waals surface area contributed by atoms with Crippen LogP contribution in [0.1, 0.15) is 37.5 Å². The zero-order chi connectivity index (χ0) is 18.9. The molecule has 0 saturated carbocycles. The maximum atomic E-state index is 10.9. The Bertz CT molecular complexity index is 801. The number of rotatable bonds is 6. The molecule has 1 aliphatic heterocycles. The third-order valence-electron chi connectivity index (χ3n) is 4.84. The smallest absolute Gasteiger partial charge is 0.317 e. The van der Waals surface area contributed by atoms with Crippen molar-refractivity contribution >= 4 is 17.6 Å². The van der Waals surface area contributed by atoms with Crippen LogP contribution in [0, 0.1) is 0 Å². The average molecular weight is 374 g/mol. The van der Waals surface area contributed by atoms with E-state index in [0.29, 0.717) is 6.54 Å². The molecule has 0 aromatic heterocycles. The molecule has 26 heavy (non-hydrogen) atoms. The van der Waals surface area contributed by atoms with E-state index in [2.05, 4.69) is 32.0 Å². The summed E-state index contributed by atoms with van der Waals surface area (Å²) in [5.41, 5.74) is 4.28. The van der Waals surface area contributed by atoms with Crippen LogP contribution in [-0.4, -0.2) is 36.1 Å². The Balaban J connectivity index is 1.84. The molecule has 0 bridgehead atoms. The highest BCUT2D eigenvalue weighted by atomic mass is 35.5. The maximum absolute atomic E-state index is 10.9. The third-order valence-corrected chi connectivity index (χ3v) is 5.09. The largest absolute Gasteiger partial charge is 0.480 e. The number of hydrogen-bond acceptors (Lipinski definition) is 3. The minimum Gasteiger partial charge on any atom is -0.480 e. The fourth-order valence-corrected chi connectivity index (χ4v) is 3.67. The molecule has 0 amide bonds. The lowest BCUT2D eigenvalue weighted by Crippen LogP contribution is -2.27. The molecule has 3 rings (SSSR count). The molecule has 1 N–H and O–H groups in total. The van der Waals surface area contributed by atoms with E-state index in [4.69, 9.17) is 21.4 Å². The van der Waals surface area contributed by atoms with Crippen LogP contribution in [-0.2, 0) is 15.1 Å². The first-order valence-corrected chi connectivity index (χ1v) is 9.12. The van der Waals surface area contributed by atoms with E-state index in [9.17, 15) is 4.79 Å². The topological polar surface area (TPSA) is 49.8 Å². The van der Waals surface area contributed by atoms with Gasteiger partial charge in [0.2, 0.25) is 0 Å². The Morgan fingerprint density at radius 2 is 1.85 bits per heavy atom. The average Bonchev–Trinajstić information content (AvgIpc) is 2.83. The minimum absolute atomic E-state index is 0.0355. The first-order valence-electron chi connectivity index (χ1n) is 8.75. The second-order valence-electron chi connectivity index (χ2n) is 7.35. The van der Waals surface area contributed by atoms with Crippen molar-refractivity contribution in [2.24, 2.45) is 0 Å². The number of halogens is 1. The Labute approximate surface area is 159 Å². The number of fused-ring (bicyclic) bond motifs is 1. The number of aliphatic carboxylic acids is 1. The lowest BCUT2D eigenvalue weighted by Gasteiger charge is -2.22. The van der Waals surface area contributed by atoms with E-state index in [1.165, 1.54) is 11.1 Å². The van der Waals surface area contributed by atoms with Gasteiger partial charge in [0.25, 0.3) is 0 Å². The van der Waals surface area contributed by atoms with Crippen molar-refractivity contribution in [2.75, 3.05) is 20.1 Å². The lowest BCUT2D eigenvalue weighted by atomic mass is 9.91. The number of nitrogens with zero attached hydrogens (tertiary/aromatic N) is 1. The number of carboxylic acids is 1. The van der Waals surface area contributed by atoms with Gasteiger partial charge >= 0.3 is 5.97 Å². The summed E-state index contributed by atoms with van der Waals surface area (Å²) in [7, 11) is 1.82. The molecule has 1 heterocycles. The van der Waals surface area contributed by atoms with Crippen molar-refractivity contribution in [3.63, 3.8) is 0 Å². The molecular formula is C21H24ClNO3. The predicted octanol–water partition coefficient (Wildman–Crippen LogP) is 4.72. The van der Waals surface area contributed by atoms with Crippen molar-refractivity contribution < 1.29 is 14.6 Å². The zero-order valence-corrected chi connectivity index (χ0v) is 16.1. The summed E-state index contributed by atoms with van der Waals surface area (Å²) in [6.07, 6.45) is 0.716. The fourth-order valence-electron chi connectivity index (χ4n) is 3.54. The van der Waals surface area contributed by atoms with E-state index < -0.39 is 5.97 Å². The molecule has 4 nitrogen and oxygen atoms in total. The van der Waals surface area contributed by atoms with E-state index in [1.807, 2.05) is 31.3 Å². The highest BCUT2D eigenvalue weighted by Crippen LogP contribution is 2.45. The Morgan fingerprint density at radius 3 is 2.50 bits per heavy atom. The van der Waals surface area contributed by atoms with Gasteiger partial charge in [0.15, 0.2) is 0 Å². The number of ether oxygens (including phenoxy) is 1. The van der Waals surface area contributed by atoms with Gasteiger partial charge in [-0.1, -0.05) is 35.9 Å². The molecule has 0 fully saturated rings. The van der Waals surface area contributed by atoms with Gasteiger partial charge in [-0.15, -0.1) is 0 Å². The molecule has 0 radical (unpaired) electrons. The molecule has 5 heteroatoms. The normalized spacial score (nSPS) is 18.1. The predicted molar refractivity (Wildman–Crippen MR) is 103 cm³/mol. The number of likely N-dealkylation sites (N-methyl/N-ethyl adjacent to an activating group) is 1. The Morgan fingerprint density at radius 1 is 1.19 bits per heavy atom. The molecule has 0 saturated heterocycles. The maximum Gasteiger partial charge on any atom is 0.317 e. The first kappa shape index (κ1) is 18.9. The molecule has 1 unspecified atom stereocenters. The summed E-state index contributed by atoms with van der Waals surface area (Å²) in [5, 5.41) is 9.64. The number of carboxylic acid groups (broad SMARTS) is 1. The van der Waals surface area contributed by atoms with Gasteiger partial charge in [0.05, 0.1) is 18.2 Å². The first-order chi connectivity index (χ1) is 12.3. The number of carbonyl (C=O) groups is 1. The molecule has 138 valence electrons. The SMILES string of the molecule is CN(CCC1OC(C)(C)c2ccc(-c3ccc(Cl)cc3)cc21)CC(=O)O. The van der Waals surface area contributed by atoms with Gasteiger partial charge in [0.1, 0.15) is 0 Å². The van der Waals surface area contributed by atoms with E-state index >= 15 is 0 Å². The van der Waals surface area contributed by atoms with Crippen molar-refractivity contribution in [3.05, 3.63) is 58.6 Å². The molecule has 2 aromatic rings. The second-order valence-corrected chi connectivity index (χ2v) is 7.78. The lowest BCUT2D eigenvalue weighted by molar-refractivity contribution is -0.138. The Kier molecular flexibility index (Phi) is 5.37. The van der Waals surface area contributed by atoms with Gasteiger partial charge in [-0.2, -0.15) is 0 Å². The summed E-state index contributed by atoms with van der Waals surface area (Å²) in [5.74, 6) is -0.814. The van der Waals surface area contributed by atoms with Gasteiger partial charge in [0, 0.05) is 11.6 Å². The zero-order valence-electron chi connectivity index (χ0n) is 15.3. The van der Waals surface area contributed by atoms with Crippen LogP contribution < -0.4 is 0 Å². The molecule has 2 aromatic carbocycles. The van der Waals surface area contributed by atoms with Crippen LogP contribution in [0.25, 0.3) is 11.1 Å². The van der Waals surface area contributed by atoms with Gasteiger partial charge in [-0.3, -0.25) is 9.69 Å². The standard InChI is InChI=1S/C21H24ClNO3/c1-21(2)18-9-6-15(14-4-7-16(22)8-5-14)12-17(18)19(26-21)10-11-23(3)13-20(24)25/h4-9,12,19H,10-11,13H2,1-3H3,(H,24,25). The summed E-state index contributed by atoms with van der Waals surface area (Å²) in [4.78, 5) is 12.7. The summed E-state index contributed by atoms with van der Waals surface area (Å²) < 4.78 is 6.29. The molecule has 1 atom stereocenters.